The minimum atomic E-state index is -3.97. The summed E-state index contributed by atoms with van der Waals surface area (Å²) < 4.78 is 55.3. The summed E-state index contributed by atoms with van der Waals surface area (Å²) in [5.41, 5.74) is 1.17. The molecule has 5 rings (SSSR count). The fraction of sp³-hybridized carbons (Fsp3) is 0.167. The van der Waals surface area contributed by atoms with Crippen LogP contribution in [0.25, 0.3) is 16.6 Å². The molecular formula is C24H19ClN4O6S3. The third kappa shape index (κ3) is 4.89. The standard InChI is InChI=1S/C24H19ClN4O6S3/c1-13-26-20-11-19-18(10-21(20)38(34,35)28-13)24(31)29(14(2)27-19)16-5-3-15(4-6-16)9-17(30)12-37(32,33)23-8-7-22(25)36-23/h3-8,10-11H,9,12H2,1-2H3,(H,26,28). The Morgan fingerprint density at radius 1 is 1.11 bits per heavy atom. The van der Waals surface area contributed by atoms with E-state index in [0.717, 1.165) is 11.3 Å². The first-order valence-corrected chi connectivity index (χ1v) is 15.4. The zero-order valence-corrected chi connectivity index (χ0v) is 23.1. The number of hydrogen-bond acceptors (Lipinski definition) is 9. The topological polar surface area (TPSA) is 145 Å². The van der Waals surface area contributed by atoms with E-state index in [1.54, 1.807) is 31.2 Å². The number of nitrogens with zero attached hydrogens (tertiary/aromatic N) is 3. The number of thiophene rings is 1. The quantitative estimate of drug-likeness (QED) is 0.359. The summed E-state index contributed by atoms with van der Waals surface area (Å²) in [6.45, 7) is 3.17. The van der Waals surface area contributed by atoms with E-state index in [0.29, 0.717) is 32.6 Å². The number of amidine groups is 1. The number of halogens is 1. The molecule has 0 spiro atoms. The number of ketones is 1. The predicted octanol–water partition coefficient (Wildman–Crippen LogP) is 3.53. The highest BCUT2D eigenvalue weighted by atomic mass is 35.5. The smallest absolute Gasteiger partial charge is 0.286 e. The number of anilines is 1. The normalized spacial score (nSPS) is 14.6. The molecule has 1 aliphatic heterocycles. The number of Topliss-reactive ketones (excluding diaryl/α,β-unsaturated/α-hetero) is 1. The zero-order valence-electron chi connectivity index (χ0n) is 19.9. The predicted molar refractivity (Wildman–Crippen MR) is 146 cm³/mol. The van der Waals surface area contributed by atoms with Crippen LogP contribution in [0, 0.1) is 6.92 Å². The summed E-state index contributed by atoms with van der Waals surface area (Å²) in [6, 6.07) is 12.1. The van der Waals surface area contributed by atoms with E-state index in [-0.39, 0.29) is 26.7 Å². The molecule has 14 heteroatoms. The zero-order chi connectivity index (χ0) is 27.4. The molecule has 0 saturated carbocycles. The molecule has 0 unspecified atom stereocenters. The number of nitrogens with one attached hydrogen (secondary N) is 1. The highest BCUT2D eigenvalue weighted by Crippen LogP contribution is 2.31. The van der Waals surface area contributed by atoms with Crippen molar-refractivity contribution in [3.8, 4) is 5.69 Å². The lowest BCUT2D eigenvalue weighted by atomic mass is 10.1. The third-order valence-corrected chi connectivity index (χ3v) is 10.7. The maximum Gasteiger partial charge on any atom is 0.286 e. The van der Waals surface area contributed by atoms with Crippen molar-refractivity contribution < 1.29 is 21.6 Å². The van der Waals surface area contributed by atoms with Crippen LogP contribution in [-0.2, 0) is 31.1 Å². The van der Waals surface area contributed by atoms with Gasteiger partial charge in [0.25, 0.3) is 15.6 Å². The fourth-order valence-corrected chi connectivity index (χ4v) is 8.15. The number of aryl methyl sites for hydroxylation is 1. The molecule has 0 fully saturated rings. The summed E-state index contributed by atoms with van der Waals surface area (Å²) in [5.74, 6) is -0.546. The van der Waals surface area contributed by atoms with Gasteiger partial charge in [0, 0.05) is 6.42 Å². The molecule has 196 valence electrons. The lowest BCUT2D eigenvalue weighted by molar-refractivity contribution is -0.116. The second kappa shape index (κ2) is 9.42. The molecule has 0 amide bonds. The minimum Gasteiger partial charge on any atom is -0.342 e. The van der Waals surface area contributed by atoms with Crippen LogP contribution in [0.5, 0.6) is 0 Å². The van der Waals surface area contributed by atoms with Gasteiger partial charge < -0.3 is 5.32 Å². The summed E-state index contributed by atoms with van der Waals surface area (Å²) in [4.78, 5) is 30.3. The van der Waals surface area contributed by atoms with E-state index in [2.05, 4.69) is 14.7 Å². The van der Waals surface area contributed by atoms with Crippen LogP contribution in [0.1, 0.15) is 18.3 Å². The molecule has 0 saturated heterocycles. The number of aromatic nitrogens is 2. The summed E-state index contributed by atoms with van der Waals surface area (Å²) >= 11 is 6.70. The van der Waals surface area contributed by atoms with E-state index >= 15 is 0 Å². The minimum absolute atomic E-state index is 0.0386. The molecule has 10 nitrogen and oxygen atoms in total. The number of rotatable bonds is 6. The van der Waals surface area contributed by atoms with Crippen LogP contribution in [0.2, 0.25) is 4.34 Å². The maximum absolute atomic E-state index is 13.4. The van der Waals surface area contributed by atoms with Gasteiger partial charge in [0.1, 0.15) is 26.5 Å². The van der Waals surface area contributed by atoms with Crippen molar-refractivity contribution in [1.29, 1.82) is 0 Å². The van der Waals surface area contributed by atoms with Gasteiger partial charge >= 0.3 is 0 Å². The van der Waals surface area contributed by atoms with Gasteiger partial charge in [0.05, 0.1) is 26.6 Å². The number of sulfonamides is 1. The highest BCUT2D eigenvalue weighted by Gasteiger charge is 2.26. The Kier molecular flexibility index (Phi) is 6.50. The van der Waals surface area contributed by atoms with Gasteiger partial charge in [0.2, 0.25) is 0 Å². The first-order valence-electron chi connectivity index (χ1n) is 11.1. The lowest BCUT2D eigenvalue weighted by Gasteiger charge is -2.17. The van der Waals surface area contributed by atoms with E-state index in [9.17, 15) is 26.4 Å². The van der Waals surface area contributed by atoms with E-state index in [1.807, 2.05) is 0 Å². The molecule has 0 atom stereocenters. The summed E-state index contributed by atoms with van der Waals surface area (Å²) in [7, 11) is -7.75. The Bertz CT molecular complexity index is 1940. The number of carbonyl (C=O) groups excluding carboxylic acids is 1. The molecule has 0 aliphatic carbocycles. The Labute approximate surface area is 226 Å². The van der Waals surface area contributed by atoms with Gasteiger partial charge in [-0.3, -0.25) is 14.2 Å². The van der Waals surface area contributed by atoms with Crippen molar-refractivity contribution in [2.24, 2.45) is 4.40 Å². The van der Waals surface area contributed by atoms with Gasteiger partial charge in [-0.05, 0) is 55.8 Å². The Hall–Kier alpha value is -3.39. The van der Waals surface area contributed by atoms with Crippen molar-refractivity contribution in [2.75, 3.05) is 11.1 Å². The van der Waals surface area contributed by atoms with E-state index < -0.39 is 37.0 Å². The second-order valence-electron chi connectivity index (χ2n) is 8.64. The molecule has 0 bridgehead atoms. The number of carbonyl (C=O) groups is 1. The van der Waals surface area contributed by atoms with Crippen molar-refractivity contribution in [3.05, 3.63) is 74.6 Å². The monoisotopic (exact) mass is 590 g/mol. The second-order valence-corrected chi connectivity index (χ2v) is 14.1. The first-order chi connectivity index (χ1) is 17.8. The summed E-state index contributed by atoms with van der Waals surface area (Å²) in [5, 5.41) is 2.99. The highest BCUT2D eigenvalue weighted by molar-refractivity contribution is 7.94. The van der Waals surface area contributed by atoms with Crippen LogP contribution < -0.4 is 10.9 Å². The Balaban J connectivity index is 1.43. The Morgan fingerprint density at radius 2 is 1.82 bits per heavy atom. The number of fused-ring (bicyclic) bond motifs is 2. The van der Waals surface area contributed by atoms with Crippen molar-refractivity contribution in [1.82, 2.24) is 9.55 Å². The molecule has 2 aromatic carbocycles. The fourth-order valence-electron chi connectivity index (χ4n) is 4.18. The van der Waals surface area contributed by atoms with Crippen LogP contribution in [0.4, 0.5) is 5.69 Å². The van der Waals surface area contributed by atoms with Crippen LogP contribution in [-0.4, -0.2) is 43.8 Å². The van der Waals surface area contributed by atoms with E-state index in [4.69, 9.17) is 11.6 Å². The maximum atomic E-state index is 13.4. The first kappa shape index (κ1) is 26.2. The third-order valence-electron chi connectivity index (χ3n) is 5.79. The Morgan fingerprint density at radius 3 is 2.47 bits per heavy atom. The molecule has 3 heterocycles. The van der Waals surface area contributed by atoms with Gasteiger partial charge in [-0.15, -0.1) is 15.7 Å². The van der Waals surface area contributed by atoms with Crippen LogP contribution in [0.3, 0.4) is 0 Å². The van der Waals surface area contributed by atoms with Gasteiger partial charge in [-0.1, -0.05) is 23.7 Å². The molecule has 2 aromatic heterocycles. The molecule has 1 aliphatic rings. The van der Waals surface area contributed by atoms with Crippen LogP contribution >= 0.6 is 22.9 Å². The largest absolute Gasteiger partial charge is 0.342 e. The van der Waals surface area contributed by atoms with Gasteiger partial charge in [-0.25, -0.2) is 13.4 Å². The molecule has 1 N–H and O–H groups in total. The number of hydrogen-bond donors (Lipinski definition) is 1. The number of sulfone groups is 1. The SMILES string of the molecule is CC1=NS(=O)(=O)c2cc3c(=O)n(-c4ccc(CC(=O)CS(=O)(=O)c5ccc(Cl)s5)cc4)c(C)nc3cc2N1. The van der Waals surface area contributed by atoms with Gasteiger partial charge in [0.15, 0.2) is 15.6 Å². The van der Waals surface area contributed by atoms with E-state index in [1.165, 1.54) is 35.8 Å². The van der Waals surface area contributed by atoms with Gasteiger partial charge in [-0.2, -0.15) is 8.42 Å². The van der Waals surface area contributed by atoms with Crippen molar-refractivity contribution in [3.63, 3.8) is 0 Å². The van der Waals surface area contributed by atoms with Crippen LogP contribution in [0.15, 0.2) is 66.8 Å². The average molecular weight is 591 g/mol. The molecular weight excluding hydrogens is 572 g/mol. The lowest BCUT2D eigenvalue weighted by Crippen LogP contribution is -2.24. The molecule has 4 aromatic rings. The van der Waals surface area contributed by atoms with Crippen molar-refractivity contribution >= 4 is 71.0 Å². The summed E-state index contributed by atoms with van der Waals surface area (Å²) in [6.07, 6.45) is -0.112. The molecule has 0 radical (unpaired) electrons. The van der Waals surface area contributed by atoms with Crippen molar-refractivity contribution in [2.45, 2.75) is 29.4 Å². The molecule has 38 heavy (non-hydrogen) atoms. The number of benzene rings is 2. The average Bonchev–Trinajstić information content (AvgIpc) is 3.26.